The minimum atomic E-state index is -1.55. The average Bonchev–Trinajstić information content (AvgIpc) is 2.91. The van der Waals surface area contributed by atoms with Gasteiger partial charge in [-0.15, -0.1) is 0 Å². The van der Waals surface area contributed by atoms with E-state index >= 15 is 0 Å². The van der Waals surface area contributed by atoms with Crippen molar-refractivity contribution in [1.82, 2.24) is 0 Å². The first kappa shape index (κ1) is 18.7. The Morgan fingerprint density at radius 2 is 1.92 bits per heavy atom. The number of hydrogen-bond donors (Lipinski definition) is 5. The van der Waals surface area contributed by atoms with Gasteiger partial charge in [0, 0.05) is 17.4 Å². The number of carbonyl (C=O) groups is 1. The number of hydrogen-bond acceptors (Lipinski definition) is 9. The van der Waals surface area contributed by atoms with Crippen molar-refractivity contribution < 1.29 is 44.5 Å². The zero-order valence-corrected chi connectivity index (χ0v) is 13.7. The summed E-state index contributed by atoms with van der Waals surface area (Å²) in [5.41, 5.74) is 0.432. The maximum absolute atomic E-state index is 11.2. The zero-order valence-electron chi connectivity index (χ0n) is 13.7. The molecule has 0 amide bonds. The molecule has 0 spiro atoms. The first-order chi connectivity index (χ1) is 11.9. The summed E-state index contributed by atoms with van der Waals surface area (Å²) in [5, 5.41) is 49.1. The number of allylic oxidation sites excluding steroid dienone is 1. The first-order valence-electron chi connectivity index (χ1n) is 8.33. The van der Waals surface area contributed by atoms with Gasteiger partial charge < -0.3 is 39.7 Å². The molecule has 25 heavy (non-hydrogen) atoms. The third-order valence-electron chi connectivity index (χ3n) is 5.51. The molecule has 2 fully saturated rings. The minimum absolute atomic E-state index is 0.219. The van der Waals surface area contributed by atoms with Crippen LogP contribution in [0.3, 0.4) is 0 Å². The molecule has 9 heteroatoms. The molecule has 142 valence electrons. The van der Waals surface area contributed by atoms with Crippen LogP contribution in [0.2, 0.25) is 0 Å². The van der Waals surface area contributed by atoms with Crippen molar-refractivity contribution in [1.29, 1.82) is 0 Å². The van der Waals surface area contributed by atoms with Gasteiger partial charge in [0.05, 0.1) is 19.0 Å². The van der Waals surface area contributed by atoms with Crippen LogP contribution in [-0.2, 0) is 19.0 Å². The summed E-state index contributed by atoms with van der Waals surface area (Å²) < 4.78 is 16.5. The number of fused-ring (bicyclic) bond motifs is 1. The van der Waals surface area contributed by atoms with Gasteiger partial charge in [-0.05, 0) is 12.3 Å². The van der Waals surface area contributed by atoms with Gasteiger partial charge in [0.1, 0.15) is 30.7 Å². The molecule has 0 aromatic carbocycles. The lowest BCUT2D eigenvalue weighted by molar-refractivity contribution is -0.342. The van der Waals surface area contributed by atoms with Crippen molar-refractivity contribution in [2.24, 2.45) is 17.8 Å². The number of aliphatic hydroxyl groups is 5. The fourth-order valence-electron chi connectivity index (χ4n) is 3.92. The summed E-state index contributed by atoms with van der Waals surface area (Å²) in [6.07, 6.45) is -6.18. The lowest BCUT2D eigenvalue weighted by atomic mass is 9.84. The molecule has 2 aliphatic heterocycles. The van der Waals surface area contributed by atoms with Crippen LogP contribution in [0.5, 0.6) is 0 Å². The van der Waals surface area contributed by atoms with Crippen LogP contribution in [0, 0.1) is 17.8 Å². The monoisotopic (exact) mass is 360 g/mol. The van der Waals surface area contributed by atoms with Gasteiger partial charge in [-0.2, -0.15) is 0 Å². The standard InChI is InChI=1S/C16H24O9/c1-6-9(19)2-8-7(3-17)5-23-15(11(6)8)25-16-14(22)13(21)12(20)10(4-18)24-16/h3,5-6,8-16,18-22H,2,4H2,1H3/t6-,8+,9-,10+,11+,12+,13-,14+,15-,16-/m0/s1. The fraction of sp³-hybridized carbons (Fsp3) is 0.812. The van der Waals surface area contributed by atoms with Gasteiger partial charge in [0.25, 0.3) is 0 Å². The van der Waals surface area contributed by atoms with E-state index in [0.717, 1.165) is 0 Å². The second-order valence-electron chi connectivity index (χ2n) is 6.92. The summed E-state index contributed by atoms with van der Waals surface area (Å²) in [6.45, 7) is 1.25. The van der Waals surface area contributed by atoms with Gasteiger partial charge in [0.2, 0.25) is 6.29 Å². The predicted octanol–water partition coefficient (Wildman–Crippen LogP) is -2.12. The summed E-state index contributed by atoms with van der Waals surface area (Å²) in [5.74, 6) is -0.803. The van der Waals surface area contributed by atoms with Crippen LogP contribution >= 0.6 is 0 Å². The highest BCUT2D eigenvalue weighted by Gasteiger charge is 2.52. The molecule has 0 bridgehead atoms. The minimum Gasteiger partial charge on any atom is -0.472 e. The van der Waals surface area contributed by atoms with Gasteiger partial charge in [0.15, 0.2) is 6.29 Å². The molecule has 1 aliphatic carbocycles. The number of rotatable bonds is 4. The van der Waals surface area contributed by atoms with Crippen LogP contribution in [0.4, 0.5) is 0 Å². The first-order valence-corrected chi connectivity index (χ1v) is 8.33. The molecule has 0 aromatic heterocycles. The highest BCUT2D eigenvalue weighted by molar-refractivity contribution is 5.74. The molecule has 0 radical (unpaired) electrons. The molecule has 3 aliphatic rings. The SMILES string of the molecule is C[C@@H]1[C@H]2[C@H](O[C@@H]3O[C@H](CO)[C@@H](O)[C@H](O)[C@H]3O)OC=C(C=O)[C@H]2C[C@@H]1O. The molecule has 5 N–H and O–H groups in total. The highest BCUT2D eigenvalue weighted by atomic mass is 16.8. The number of carbonyl (C=O) groups excluding carboxylic acids is 1. The molecule has 9 nitrogen and oxygen atoms in total. The summed E-state index contributed by atoms with van der Waals surface area (Å²) in [7, 11) is 0. The van der Waals surface area contributed by atoms with E-state index in [1.165, 1.54) is 6.26 Å². The molecule has 10 atom stereocenters. The predicted molar refractivity (Wildman–Crippen MR) is 80.6 cm³/mol. The Bertz CT molecular complexity index is 522. The normalized spacial score (nSPS) is 49.9. The summed E-state index contributed by atoms with van der Waals surface area (Å²) in [6, 6.07) is 0. The van der Waals surface area contributed by atoms with Crippen molar-refractivity contribution in [2.45, 2.75) is 56.4 Å². The van der Waals surface area contributed by atoms with E-state index in [1.54, 1.807) is 0 Å². The Morgan fingerprint density at radius 3 is 2.56 bits per heavy atom. The average molecular weight is 360 g/mol. The number of aldehydes is 1. The number of ether oxygens (including phenoxy) is 3. The molecule has 0 unspecified atom stereocenters. The third kappa shape index (κ3) is 3.21. The lowest BCUT2D eigenvalue weighted by Crippen LogP contribution is -2.60. The smallest absolute Gasteiger partial charge is 0.205 e. The van der Waals surface area contributed by atoms with E-state index in [-0.39, 0.29) is 17.8 Å². The van der Waals surface area contributed by atoms with Crippen LogP contribution in [-0.4, -0.2) is 81.5 Å². The van der Waals surface area contributed by atoms with Crippen LogP contribution in [0.25, 0.3) is 0 Å². The molecular formula is C16H24O9. The van der Waals surface area contributed by atoms with Gasteiger partial charge in [-0.3, -0.25) is 4.79 Å². The largest absolute Gasteiger partial charge is 0.472 e. The van der Waals surface area contributed by atoms with Gasteiger partial charge in [-0.25, -0.2) is 0 Å². The Balaban J connectivity index is 1.77. The number of aliphatic hydroxyl groups excluding tert-OH is 5. The van der Waals surface area contributed by atoms with Gasteiger partial charge >= 0.3 is 0 Å². The molecular weight excluding hydrogens is 336 g/mol. The van der Waals surface area contributed by atoms with Crippen LogP contribution in [0.1, 0.15) is 13.3 Å². The van der Waals surface area contributed by atoms with Crippen molar-refractivity contribution in [3.8, 4) is 0 Å². The van der Waals surface area contributed by atoms with E-state index in [2.05, 4.69) is 0 Å². The second-order valence-corrected chi connectivity index (χ2v) is 6.92. The Kier molecular flexibility index (Phi) is 5.45. The summed E-state index contributed by atoms with van der Waals surface area (Å²) in [4.78, 5) is 11.2. The van der Waals surface area contributed by atoms with E-state index in [0.29, 0.717) is 18.3 Å². The van der Waals surface area contributed by atoms with Crippen LogP contribution < -0.4 is 0 Å². The van der Waals surface area contributed by atoms with Crippen molar-refractivity contribution in [2.75, 3.05) is 6.61 Å². The molecule has 2 heterocycles. The molecule has 0 aromatic rings. The van der Waals surface area contributed by atoms with E-state index < -0.39 is 49.7 Å². The Labute approximate surface area is 144 Å². The summed E-state index contributed by atoms with van der Waals surface area (Å²) >= 11 is 0. The molecule has 1 saturated carbocycles. The molecule has 1 saturated heterocycles. The Hall–Kier alpha value is -1.07. The molecule has 3 rings (SSSR count). The van der Waals surface area contributed by atoms with Crippen LogP contribution in [0.15, 0.2) is 11.8 Å². The Morgan fingerprint density at radius 1 is 1.20 bits per heavy atom. The van der Waals surface area contributed by atoms with E-state index in [4.69, 9.17) is 14.2 Å². The zero-order chi connectivity index (χ0) is 18.3. The maximum Gasteiger partial charge on any atom is 0.205 e. The second kappa shape index (κ2) is 7.28. The fourth-order valence-corrected chi connectivity index (χ4v) is 3.92. The van der Waals surface area contributed by atoms with E-state index in [9.17, 15) is 30.3 Å². The van der Waals surface area contributed by atoms with Crippen molar-refractivity contribution in [3.05, 3.63) is 11.8 Å². The topological polar surface area (TPSA) is 146 Å². The van der Waals surface area contributed by atoms with Crippen molar-refractivity contribution >= 4 is 6.29 Å². The lowest BCUT2D eigenvalue weighted by Gasteiger charge is -2.43. The maximum atomic E-state index is 11.2. The van der Waals surface area contributed by atoms with Gasteiger partial charge in [-0.1, -0.05) is 6.92 Å². The third-order valence-corrected chi connectivity index (χ3v) is 5.51. The van der Waals surface area contributed by atoms with Crippen molar-refractivity contribution in [3.63, 3.8) is 0 Å². The van der Waals surface area contributed by atoms with E-state index in [1.807, 2.05) is 6.92 Å². The quantitative estimate of drug-likeness (QED) is 0.355. The highest BCUT2D eigenvalue weighted by Crippen LogP contribution is 2.46.